The second kappa shape index (κ2) is 5.60. The predicted molar refractivity (Wildman–Crippen MR) is 63.6 cm³/mol. The third-order valence-corrected chi connectivity index (χ3v) is 2.03. The molecule has 0 aliphatic carbocycles. The van der Waals surface area contributed by atoms with E-state index < -0.39 is 0 Å². The lowest BCUT2D eigenvalue weighted by molar-refractivity contribution is -0.114. The number of rotatable bonds is 3. The van der Waals surface area contributed by atoms with Gasteiger partial charge in [-0.1, -0.05) is 46.3 Å². The van der Waals surface area contributed by atoms with Gasteiger partial charge in [0.2, 0.25) is 5.91 Å². The van der Waals surface area contributed by atoms with E-state index in [9.17, 15) is 4.79 Å². The molecule has 0 atom stereocenters. The summed E-state index contributed by atoms with van der Waals surface area (Å²) < 4.78 is 0. The van der Waals surface area contributed by atoms with Crippen molar-refractivity contribution < 1.29 is 4.79 Å². The standard InChI is InChI=1S/C11H12BrNO/c1-9(14)13-11-7-3-2-5-10(11)6-4-8-12/h2-7H,8H2,1H3,(H,13,14). The third kappa shape index (κ3) is 3.34. The predicted octanol–water partition coefficient (Wildman–Crippen LogP) is 3.05. The van der Waals surface area contributed by atoms with Gasteiger partial charge in [0.05, 0.1) is 0 Å². The molecule has 1 aromatic rings. The number of benzene rings is 1. The lowest BCUT2D eigenvalue weighted by atomic mass is 10.1. The van der Waals surface area contributed by atoms with Gasteiger partial charge in [-0.2, -0.15) is 0 Å². The zero-order valence-electron chi connectivity index (χ0n) is 7.96. The Kier molecular flexibility index (Phi) is 4.40. The number of halogens is 1. The van der Waals surface area contributed by atoms with Crippen molar-refractivity contribution in [2.75, 3.05) is 10.6 Å². The van der Waals surface area contributed by atoms with Crippen molar-refractivity contribution in [3.05, 3.63) is 35.9 Å². The van der Waals surface area contributed by atoms with Gasteiger partial charge in [-0.05, 0) is 11.6 Å². The van der Waals surface area contributed by atoms with Crippen LogP contribution in [0.1, 0.15) is 12.5 Å². The lowest BCUT2D eigenvalue weighted by Gasteiger charge is -2.05. The van der Waals surface area contributed by atoms with Crippen LogP contribution in [0.25, 0.3) is 6.08 Å². The van der Waals surface area contributed by atoms with Crippen LogP contribution in [0.15, 0.2) is 30.3 Å². The summed E-state index contributed by atoms with van der Waals surface area (Å²) >= 11 is 3.31. The molecular formula is C11H12BrNO. The highest BCUT2D eigenvalue weighted by molar-refractivity contribution is 9.09. The Morgan fingerprint density at radius 2 is 2.21 bits per heavy atom. The quantitative estimate of drug-likeness (QED) is 0.825. The van der Waals surface area contributed by atoms with Gasteiger partial charge in [0.25, 0.3) is 0 Å². The first-order valence-electron chi connectivity index (χ1n) is 4.33. The molecule has 1 aromatic carbocycles. The van der Waals surface area contributed by atoms with Crippen molar-refractivity contribution >= 4 is 33.6 Å². The topological polar surface area (TPSA) is 29.1 Å². The molecule has 0 fully saturated rings. The number of hydrogen-bond donors (Lipinski definition) is 1. The number of amides is 1. The maximum Gasteiger partial charge on any atom is 0.221 e. The number of carbonyl (C=O) groups excluding carboxylic acids is 1. The van der Waals surface area contributed by atoms with E-state index in [-0.39, 0.29) is 5.91 Å². The molecule has 0 saturated carbocycles. The van der Waals surface area contributed by atoms with Gasteiger partial charge in [-0.15, -0.1) is 0 Å². The lowest BCUT2D eigenvalue weighted by Crippen LogP contribution is -2.06. The summed E-state index contributed by atoms with van der Waals surface area (Å²) in [4.78, 5) is 10.9. The van der Waals surface area contributed by atoms with E-state index in [2.05, 4.69) is 21.2 Å². The Balaban J connectivity index is 2.90. The van der Waals surface area contributed by atoms with Gasteiger partial charge in [0.1, 0.15) is 0 Å². The molecule has 0 heterocycles. The first-order valence-corrected chi connectivity index (χ1v) is 5.45. The number of nitrogens with one attached hydrogen (secondary N) is 1. The van der Waals surface area contributed by atoms with Gasteiger partial charge in [0.15, 0.2) is 0 Å². The molecule has 0 radical (unpaired) electrons. The molecular weight excluding hydrogens is 242 g/mol. The van der Waals surface area contributed by atoms with Crippen molar-refractivity contribution in [2.24, 2.45) is 0 Å². The zero-order chi connectivity index (χ0) is 10.4. The molecule has 1 N–H and O–H groups in total. The molecule has 0 aromatic heterocycles. The minimum atomic E-state index is -0.0512. The molecule has 1 amide bonds. The molecule has 0 saturated heterocycles. The van der Waals surface area contributed by atoms with Crippen molar-refractivity contribution in [3.8, 4) is 0 Å². The molecule has 0 aliphatic heterocycles. The van der Waals surface area contributed by atoms with E-state index in [0.29, 0.717) is 0 Å². The number of allylic oxidation sites excluding steroid dienone is 1. The van der Waals surface area contributed by atoms with Crippen LogP contribution in [0.5, 0.6) is 0 Å². The van der Waals surface area contributed by atoms with Crippen LogP contribution in [0, 0.1) is 0 Å². The summed E-state index contributed by atoms with van der Waals surface area (Å²) in [6.45, 7) is 1.50. The molecule has 0 aliphatic rings. The Labute approximate surface area is 92.1 Å². The van der Waals surface area contributed by atoms with Gasteiger partial charge in [0, 0.05) is 17.9 Å². The van der Waals surface area contributed by atoms with Crippen LogP contribution in [0.3, 0.4) is 0 Å². The van der Waals surface area contributed by atoms with Crippen LogP contribution in [0.2, 0.25) is 0 Å². The van der Waals surface area contributed by atoms with E-state index in [0.717, 1.165) is 16.6 Å². The minimum absolute atomic E-state index is 0.0512. The smallest absolute Gasteiger partial charge is 0.221 e. The summed E-state index contributed by atoms with van der Waals surface area (Å²) in [6, 6.07) is 7.69. The van der Waals surface area contributed by atoms with Crippen molar-refractivity contribution in [3.63, 3.8) is 0 Å². The maximum atomic E-state index is 10.9. The first kappa shape index (κ1) is 11.0. The highest BCUT2D eigenvalue weighted by atomic mass is 79.9. The Morgan fingerprint density at radius 1 is 1.50 bits per heavy atom. The Bertz CT molecular complexity index is 347. The molecule has 14 heavy (non-hydrogen) atoms. The fourth-order valence-corrected chi connectivity index (χ4v) is 1.30. The number of carbonyl (C=O) groups is 1. The average molecular weight is 254 g/mol. The number of anilines is 1. The average Bonchev–Trinajstić information content (AvgIpc) is 2.16. The van der Waals surface area contributed by atoms with Gasteiger partial charge >= 0.3 is 0 Å². The van der Waals surface area contributed by atoms with Crippen LogP contribution < -0.4 is 5.32 Å². The molecule has 0 bridgehead atoms. The highest BCUT2D eigenvalue weighted by Gasteiger charge is 1.98. The zero-order valence-corrected chi connectivity index (χ0v) is 9.54. The second-order valence-corrected chi connectivity index (χ2v) is 3.47. The SMILES string of the molecule is CC(=O)Nc1ccccc1C=CCBr. The summed E-state index contributed by atoms with van der Waals surface area (Å²) in [5.74, 6) is -0.0512. The third-order valence-electron chi connectivity index (χ3n) is 1.66. The molecule has 2 nitrogen and oxygen atoms in total. The second-order valence-electron chi connectivity index (χ2n) is 2.83. The number of hydrogen-bond acceptors (Lipinski definition) is 1. The normalized spacial score (nSPS) is 10.4. The van der Waals surface area contributed by atoms with E-state index in [1.807, 2.05) is 36.4 Å². The van der Waals surface area contributed by atoms with Crippen molar-refractivity contribution in [1.29, 1.82) is 0 Å². The van der Waals surface area contributed by atoms with Gasteiger partial charge < -0.3 is 5.32 Å². The summed E-state index contributed by atoms with van der Waals surface area (Å²) in [5, 5.41) is 3.58. The monoisotopic (exact) mass is 253 g/mol. The van der Waals surface area contributed by atoms with Crippen LogP contribution in [-0.4, -0.2) is 11.2 Å². The number of para-hydroxylation sites is 1. The molecule has 0 spiro atoms. The summed E-state index contributed by atoms with van der Waals surface area (Å²) in [5.41, 5.74) is 1.86. The molecule has 0 unspecified atom stereocenters. The van der Waals surface area contributed by atoms with Gasteiger partial charge in [-0.3, -0.25) is 4.79 Å². The number of alkyl halides is 1. The molecule has 3 heteroatoms. The molecule has 1 rings (SSSR count). The van der Waals surface area contributed by atoms with Crippen molar-refractivity contribution in [2.45, 2.75) is 6.92 Å². The Morgan fingerprint density at radius 3 is 2.86 bits per heavy atom. The fraction of sp³-hybridized carbons (Fsp3) is 0.182. The van der Waals surface area contributed by atoms with E-state index in [1.165, 1.54) is 6.92 Å². The highest BCUT2D eigenvalue weighted by Crippen LogP contribution is 2.16. The minimum Gasteiger partial charge on any atom is -0.326 e. The largest absolute Gasteiger partial charge is 0.326 e. The van der Waals surface area contributed by atoms with E-state index in [1.54, 1.807) is 0 Å². The fourth-order valence-electron chi connectivity index (χ4n) is 1.12. The van der Waals surface area contributed by atoms with Crippen LogP contribution in [0.4, 0.5) is 5.69 Å². The Hall–Kier alpha value is -1.09. The maximum absolute atomic E-state index is 10.9. The summed E-state index contributed by atoms with van der Waals surface area (Å²) in [7, 11) is 0. The van der Waals surface area contributed by atoms with E-state index in [4.69, 9.17) is 0 Å². The first-order chi connectivity index (χ1) is 6.74. The van der Waals surface area contributed by atoms with Gasteiger partial charge in [-0.25, -0.2) is 0 Å². The van der Waals surface area contributed by atoms with E-state index >= 15 is 0 Å². The van der Waals surface area contributed by atoms with Crippen LogP contribution in [-0.2, 0) is 4.79 Å². The van der Waals surface area contributed by atoms with Crippen LogP contribution >= 0.6 is 15.9 Å². The summed E-state index contributed by atoms with van der Waals surface area (Å²) in [6.07, 6.45) is 3.96. The molecule has 74 valence electrons. The van der Waals surface area contributed by atoms with Crippen molar-refractivity contribution in [1.82, 2.24) is 0 Å².